The lowest BCUT2D eigenvalue weighted by Gasteiger charge is -2.07. The highest BCUT2D eigenvalue weighted by Gasteiger charge is 2.16. The number of pyridine rings is 1. The Balaban J connectivity index is 1.81. The van der Waals surface area contributed by atoms with Crippen LogP contribution in [0.15, 0.2) is 80.0 Å². The first kappa shape index (κ1) is 22.0. The lowest BCUT2D eigenvalue weighted by molar-refractivity contribution is 1.08. The number of aromatic amines is 2. The summed E-state index contributed by atoms with van der Waals surface area (Å²) in [6.07, 6.45) is 19.6. The summed E-state index contributed by atoms with van der Waals surface area (Å²) in [7, 11) is 0. The number of nitrogens with one attached hydrogen (secondary N) is 2. The van der Waals surface area contributed by atoms with Gasteiger partial charge in [-0.25, -0.2) is 9.97 Å². The van der Waals surface area contributed by atoms with Crippen LogP contribution in [0.1, 0.15) is 36.4 Å². The normalized spacial score (nSPS) is 13.1. The molecule has 4 heterocycles. The third-order valence-corrected chi connectivity index (χ3v) is 5.46. The van der Waals surface area contributed by atoms with Crippen LogP contribution in [0.5, 0.6) is 0 Å². The second-order valence-electron chi connectivity index (χ2n) is 7.75. The van der Waals surface area contributed by atoms with Gasteiger partial charge in [0.1, 0.15) is 0 Å². The second-order valence-corrected chi connectivity index (χ2v) is 7.75. The number of aryl methyl sites for hydroxylation is 2. The topological polar surface area (TPSA) is 75.2 Å². The molecule has 0 radical (unpaired) electrons. The molecule has 166 valence electrons. The van der Waals surface area contributed by atoms with Crippen molar-refractivity contribution in [2.24, 2.45) is 0 Å². The van der Waals surface area contributed by atoms with Crippen LogP contribution in [0.25, 0.3) is 33.7 Å². The first-order chi connectivity index (χ1) is 16.0. The molecule has 4 rings (SSSR count). The zero-order chi connectivity index (χ0) is 23.4. The Hall–Kier alpha value is -4.19. The van der Waals surface area contributed by atoms with Gasteiger partial charge in [0.15, 0.2) is 5.65 Å². The molecule has 4 aromatic heterocycles. The van der Waals surface area contributed by atoms with Crippen molar-refractivity contribution in [2.75, 3.05) is 0 Å². The van der Waals surface area contributed by atoms with Crippen LogP contribution in [0, 0.1) is 13.8 Å². The van der Waals surface area contributed by atoms with Crippen molar-refractivity contribution in [1.29, 1.82) is 0 Å². The zero-order valence-corrected chi connectivity index (χ0v) is 19.4. The summed E-state index contributed by atoms with van der Waals surface area (Å²) in [6.45, 7) is 11.8. The van der Waals surface area contributed by atoms with Gasteiger partial charge in [0.05, 0.1) is 29.1 Å². The Morgan fingerprint density at radius 1 is 1.12 bits per heavy atom. The fraction of sp³-hybridized carbons (Fsp3) is 0.148. The van der Waals surface area contributed by atoms with Crippen molar-refractivity contribution < 1.29 is 0 Å². The number of hydrogen-bond donors (Lipinski definition) is 2. The van der Waals surface area contributed by atoms with Crippen LogP contribution in [-0.2, 0) is 0 Å². The van der Waals surface area contributed by atoms with Crippen molar-refractivity contribution in [2.45, 2.75) is 27.7 Å². The second kappa shape index (κ2) is 9.53. The largest absolute Gasteiger partial charge is 0.357 e. The number of imidazole rings is 1. The van der Waals surface area contributed by atoms with Gasteiger partial charge in [0.2, 0.25) is 0 Å². The molecule has 0 aliphatic heterocycles. The molecule has 6 nitrogen and oxygen atoms in total. The van der Waals surface area contributed by atoms with Gasteiger partial charge in [-0.2, -0.15) is 5.10 Å². The first-order valence-corrected chi connectivity index (χ1v) is 10.9. The third-order valence-electron chi connectivity index (χ3n) is 5.46. The molecule has 4 aromatic rings. The van der Waals surface area contributed by atoms with E-state index in [1.165, 1.54) is 0 Å². The van der Waals surface area contributed by atoms with Crippen LogP contribution >= 0.6 is 0 Å². The molecule has 33 heavy (non-hydrogen) atoms. The van der Waals surface area contributed by atoms with Crippen molar-refractivity contribution in [3.8, 4) is 11.4 Å². The molecule has 6 heteroatoms. The van der Waals surface area contributed by atoms with Crippen molar-refractivity contribution >= 4 is 22.3 Å². The average Bonchev–Trinajstić information content (AvgIpc) is 3.53. The molecule has 0 amide bonds. The van der Waals surface area contributed by atoms with Gasteiger partial charge in [0.25, 0.3) is 0 Å². The number of fused-ring (bicyclic) bond motifs is 1. The molecule has 2 N–H and O–H groups in total. The van der Waals surface area contributed by atoms with E-state index in [-0.39, 0.29) is 0 Å². The highest BCUT2D eigenvalue weighted by atomic mass is 15.2. The maximum absolute atomic E-state index is 4.57. The number of aromatic nitrogens is 6. The van der Waals surface area contributed by atoms with E-state index in [9.17, 15) is 0 Å². The zero-order valence-electron chi connectivity index (χ0n) is 19.4. The summed E-state index contributed by atoms with van der Waals surface area (Å²) in [6, 6.07) is 4.27. The lowest BCUT2D eigenvalue weighted by Crippen LogP contribution is -1.96. The summed E-state index contributed by atoms with van der Waals surface area (Å²) in [5, 5.41) is 8.56. The quantitative estimate of drug-likeness (QED) is 0.330. The van der Waals surface area contributed by atoms with E-state index in [0.717, 1.165) is 50.6 Å². The van der Waals surface area contributed by atoms with Crippen LogP contribution in [0.4, 0.5) is 0 Å². The molecule has 0 aliphatic carbocycles. The maximum atomic E-state index is 4.57. The Labute approximate surface area is 193 Å². The van der Waals surface area contributed by atoms with E-state index >= 15 is 0 Å². The molecular formula is C27H28N6. The number of hydrogen-bond acceptors (Lipinski definition) is 3. The number of rotatable bonds is 7. The highest BCUT2D eigenvalue weighted by molar-refractivity contribution is 5.93. The Bertz CT molecular complexity index is 1420. The minimum Gasteiger partial charge on any atom is -0.357 e. The molecule has 0 unspecified atom stereocenters. The molecule has 0 aliphatic rings. The van der Waals surface area contributed by atoms with Crippen LogP contribution in [0.3, 0.4) is 0 Å². The van der Waals surface area contributed by atoms with Gasteiger partial charge in [-0.3, -0.25) is 5.10 Å². The van der Waals surface area contributed by atoms with Crippen molar-refractivity contribution in [1.82, 2.24) is 29.7 Å². The molecule has 0 fully saturated rings. The molecule has 0 aromatic carbocycles. The van der Waals surface area contributed by atoms with Gasteiger partial charge < -0.3 is 9.55 Å². The van der Waals surface area contributed by atoms with E-state index < -0.39 is 0 Å². The van der Waals surface area contributed by atoms with E-state index in [2.05, 4.69) is 62.9 Å². The molecule has 0 saturated heterocycles. The highest BCUT2D eigenvalue weighted by Crippen LogP contribution is 2.31. The summed E-state index contributed by atoms with van der Waals surface area (Å²) in [5.41, 5.74) is 8.81. The predicted molar refractivity (Wildman–Crippen MR) is 137 cm³/mol. The first-order valence-electron chi connectivity index (χ1n) is 10.9. The Morgan fingerprint density at radius 3 is 2.67 bits per heavy atom. The number of allylic oxidation sites excluding steroid dienone is 8. The molecule has 0 bridgehead atoms. The lowest BCUT2D eigenvalue weighted by atomic mass is 10.0. The van der Waals surface area contributed by atoms with Gasteiger partial charge in [-0.15, -0.1) is 0 Å². The van der Waals surface area contributed by atoms with Gasteiger partial charge >= 0.3 is 0 Å². The van der Waals surface area contributed by atoms with E-state index in [4.69, 9.17) is 0 Å². The fourth-order valence-electron chi connectivity index (χ4n) is 3.81. The van der Waals surface area contributed by atoms with E-state index in [1.54, 1.807) is 6.08 Å². The summed E-state index contributed by atoms with van der Waals surface area (Å²) >= 11 is 0. The molecule has 0 atom stereocenters. The molecule has 0 spiro atoms. The van der Waals surface area contributed by atoms with Gasteiger partial charge in [0, 0.05) is 34.6 Å². The third kappa shape index (κ3) is 4.41. The monoisotopic (exact) mass is 436 g/mol. The molecule has 0 saturated carbocycles. The van der Waals surface area contributed by atoms with Crippen LogP contribution in [0.2, 0.25) is 0 Å². The van der Waals surface area contributed by atoms with Crippen LogP contribution in [-0.4, -0.2) is 29.7 Å². The minimum absolute atomic E-state index is 0.681. The van der Waals surface area contributed by atoms with Gasteiger partial charge in [-0.1, -0.05) is 43.0 Å². The maximum Gasteiger partial charge on any atom is 0.181 e. The molecular weight excluding hydrogens is 408 g/mol. The SMILES string of the molecule is C=C/C=C\C(=C/C)c1cnc2n[nH]c(-c3cc(/C(=C\C=C/C)n4cnc(C)c4)c(C)[nH]3)c2c1. The fourth-order valence-corrected chi connectivity index (χ4v) is 3.81. The minimum atomic E-state index is 0.681. The number of nitrogens with zero attached hydrogens (tertiary/aromatic N) is 4. The number of H-pyrrole nitrogens is 2. The van der Waals surface area contributed by atoms with Crippen LogP contribution < -0.4 is 0 Å². The summed E-state index contributed by atoms with van der Waals surface area (Å²) in [4.78, 5) is 12.5. The predicted octanol–water partition coefficient (Wildman–Crippen LogP) is 6.38. The van der Waals surface area contributed by atoms with Crippen molar-refractivity contribution in [3.63, 3.8) is 0 Å². The average molecular weight is 437 g/mol. The Morgan fingerprint density at radius 2 is 1.97 bits per heavy atom. The standard InChI is InChI=1S/C27H28N6/c1-6-9-11-20(8-3)21-13-23-26(31-32-27(23)28-15-21)24-14-22(19(5)30-24)25(12-10-7-2)33-16-18(4)29-17-33/h6-17,30H,1H2,2-5H3,(H,28,31,32)/b10-7-,11-9-,20-8+,25-12+. The van der Waals surface area contributed by atoms with E-state index in [0.29, 0.717) is 5.65 Å². The van der Waals surface area contributed by atoms with E-state index in [1.807, 2.05) is 68.4 Å². The smallest absolute Gasteiger partial charge is 0.181 e. The Kier molecular flexibility index (Phi) is 6.36. The van der Waals surface area contributed by atoms with Gasteiger partial charge in [-0.05, 0) is 51.5 Å². The summed E-state index contributed by atoms with van der Waals surface area (Å²) in [5.74, 6) is 0. The van der Waals surface area contributed by atoms with Crippen molar-refractivity contribution in [3.05, 3.63) is 102 Å². The summed E-state index contributed by atoms with van der Waals surface area (Å²) < 4.78 is 2.05.